The van der Waals surface area contributed by atoms with Gasteiger partial charge in [-0.3, -0.25) is 14.4 Å². The molecule has 0 saturated carbocycles. The molecule has 0 bridgehead atoms. The number of hydrogen-bond acceptors (Lipinski definition) is 3. The number of aryl methyl sites for hydroxylation is 1. The number of nitrogens with one attached hydrogen (secondary N) is 2. The van der Waals surface area contributed by atoms with Gasteiger partial charge in [0.05, 0.1) is 23.0 Å². The van der Waals surface area contributed by atoms with Gasteiger partial charge in [0.15, 0.2) is 0 Å². The van der Waals surface area contributed by atoms with E-state index in [1.807, 2.05) is 31.2 Å². The number of benzene rings is 2. The van der Waals surface area contributed by atoms with E-state index >= 15 is 0 Å². The number of rotatable bonds is 6. The molecule has 6 nitrogen and oxygen atoms in total. The van der Waals surface area contributed by atoms with Crippen molar-refractivity contribution in [3.05, 3.63) is 64.2 Å². The maximum atomic E-state index is 12.6. The third-order valence-corrected chi connectivity index (χ3v) is 4.46. The van der Waals surface area contributed by atoms with E-state index in [4.69, 9.17) is 11.6 Å². The van der Waals surface area contributed by atoms with Crippen molar-refractivity contribution in [3.8, 4) is 0 Å². The van der Waals surface area contributed by atoms with E-state index in [9.17, 15) is 14.4 Å². The molecule has 0 aliphatic rings. The number of anilines is 1. The first kappa shape index (κ1) is 21.4. The minimum absolute atomic E-state index is 0.0578. The molecule has 1 atom stereocenters. The molecule has 28 heavy (non-hydrogen) atoms. The van der Waals surface area contributed by atoms with Crippen LogP contribution in [0.3, 0.4) is 0 Å². The van der Waals surface area contributed by atoms with Gasteiger partial charge in [-0.2, -0.15) is 0 Å². The lowest BCUT2D eigenvalue weighted by atomic mass is 10.0. The SMILES string of the molecule is CC(=O)NC(CC(=O)Nc1ccc(Cl)c(C(=O)N(C)C)c1)c1ccc(C)cc1. The van der Waals surface area contributed by atoms with Gasteiger partial charge in [0.1, 0.15) is 0 Å². The fourth-order valence-electron chi connectivity index (χ4n) is 2.70. The summed E-state index contributed by atoms with van der Waals surface area (Å²) in [6.07, 6.45) is 0.0578. The van der Waals surface area contributed by atoms with E-state index in [1.165, 1.54) is 11.8 Å². The van der Waals surface area contributed by atoms with Gasteiger partial charge in [0.2, 0.25) is 11.8 Å². The second kappa shape index (κ2) is 9.37. The van der Waals surface area contributed by atoms with Gasteiger partial charge in [0.25, 0.3) is 5.91 Å². The molecule has 0 aliphatic heterocycles. The van der Waals surface area contributed by atoms with Crippen LogP contribution in [0.2, 0.25) is 5.02 Å². The maximum absolute atomic E-state index is 12.6. The predicted octanol–water partition coefficient (Wildman–Crippen LogP) is 3.56. The van der Waals surface area contributed by atoms with Gasteiger partial charge in [-0.05, 0) is 30.7 Å². The zero-order valence-electron chi connectivity index (χ0n) is 16.4. The lowest BCUT2D eigenvalue weighted by Gasteiger charge is -2.19. The molecule has 148 valence electrons. The average molecular weight is 402 g/mol. The topological polar surface area (TPSA) is 78.5 Å². The molecule has 3 amide bonds. The van der Waals surface area contributed by atoms with E-state index in [0.717, 1.165) is 11.1 Å². The molecular formula is C21H24ClN3O3. The third-order valence-electron chi connectivity index (χ3n) is 4.13. The molecule has 1 unspecified atom stereocenters. The summed E-state index contributed by atoms with van der Waals surface area (Å²) in [6.45, 7) is 3.38. The van der Waals surface area contributed by atoms with E-state index in [2.05, 4.69) is 10.6 Å². The Morgan fingerprint density at radius 3 is 2.29 bits per heavy atom. The van der Waals surface area contributed by atoms with Crippen LogP contribution in [0.1, 0.15) is 40.9 Å². The van der Waals surface area contributed by atoms with Crippen molar-refractivity contribution in [1.82, 2.24) is 10.2 Å². The van der Waals surface area contributed by atoms with Gasteiger partial charge >= 0.3 is 0 Å². The summed E-state index contributed by atoms with van der Waals surface area (Å²) >= 11 is 6.10. The molecule has 0 radical (unpaired) electrons. The quantitative estimate of drug-likeness (QED) is 0.776. The summed E-state index contributed by atoms with van der Waals surface area (Å²) in [5.41, 5.74) is 2.70. The molecule has 2 aromatic carbocycles. The molecule has 0 saturated heterocycles. The summed E-state index contributed by atoms with van der Waals surface area (Å²) in [5, 5.41) is 5.89. The van der Waals surface area contributed by atoms with Crippen molar-refractivity contribution in [2.75, 3.05) is 19.4 Å². The normalized spacial score (nSPS) is 11.5. The van der Waals surface area contributed by atoms with E-state index in [-0.39, 0.29) is 24.1 Å². The lowest BCUT2D eigenvalue weighted by molar-refractivity contribution is -0.120. The third kappa shape index (κ3) is 5.82. The second-order valence-electron chi connectivity index (χ2n) is 6.81. The smallest absolute Gasteiger partial charge is 0.254 e. The van der Waals surface area contributed by atoms with E-state index < -0.39 is 6.04 Å². The highest BCUT2D eigenvalue weighted by atomic mass is 35.5. The van der Waals surface area contributed by atoms with Gasteiger partial charge in [-0.25, -0.2) is 0 Å². The summed E-state index contributed by atoms with van der Waals surface area (Å²) in [5.74, 6) is -0.759. The van der Waals surface area contributed by atoms with Crippen molar-refractivity contribution < 1.29 is 14.4 Å². The maximum Gasteiger partial charge on any atom is 0.254 e. The Kier molecular flexibility index (Phi) is 7.18. The summed E-state index contributed by atoms with van der Waals surface area (Å²) < 4.78 is 0. The van der Waals surface area contributed by atoms with Crippen LogP contribution >= 0.6 is 11.6 Å². The number of nitrogens with zero attached hydrogens (tertiary/aromatic N) is 1. The van der Waals surface area contributed by atoms with Crippen LogP contribution in [-0.2, 0) is 9.59 Å². The van der Waals surface area contributed by atoms with Gasteiger partial charge < -0.3 is 15.5 Å². The Bertz CT molecular complexity index is 879. The van der Waals surface area contributed by atoms with Crippen molar-refractivity contribution in [1.29, 1.82) is 0 Å². The minimum atomic E-state index is -0.451. The van der Waals surface area contributed by atoms with Crippen LogP contribution in [0.5, 0.6) is 0 Å². The highest BCUT2D eigenvalue weighted by Crippen LogP contribution is 2.23. The zero-order chi connectivity index (χ0) is 20.8. The first-order valence-corrected chi connectivity index (χ1v) is 9.20. The van der Waals surface area contributed by atoms with Crippen LogP contribution in [0.25, 0.3) is 0 Å². The summed E-state index contributed by atoms with van der Waals surface area (Å²) in [7, 11) is 3.26. The van der Waals surface area contributed by atoms with E-state index in [0.29, 0.717) is 16.3 Å². The van der Waals surface area contributed by atoms with Crippen molar-refractivity contribution >= 4 is 35.0 Å². The van der Waals surface area contributed by atoms with Crippen molar-refractivity contribution in [2.24, 2.45) is 0 Å². The van der Waals surface area contributed by atoms with Crippen molar-refractivity contribution in [3.63, 3.8) is 0 Å². The van der Waals surface area contributed by atoms with Crippen LogP contribution in [-0.4, -0.2) is 36.7 Å². The molecule has 0 heterocycles. The molecule has 2 rings (SSSR count). The van der Waals surface area contributed by atoms with Crippen LogP contribution in [0, 0.1) is 6.92 Å². The summed E-state index contributed by atoms with van der Waals surface area (Å²) in [4.78, 5) is 37.7. The monoisotopic (exact) mass is 401 g/mol. The molecule has 0 fully saturated rings. The molecular weight excluding hydrogens is 378 g/mol. The molecule has 0 spiro atoms. The Morgan fingerprint density at radius 2 is 1.71 bits per heavy atom. The van der Waals surface area contributed by atoms with Crippen LogP contribution in [0.15, 0.2) is 42.5 Å². The lowest BCUT2D eigenvalue weighted by Crippen LogP contribution is -2.29. The first-order chi connectivity index (χ1) is 13.2. The second-order valence-corrected chi connectivity index (χ2v) is 7.22. The predicted molar refractivity (Wildman–Crippen MR) is 110 cm³/mol. The number of amides is 3. The molecule has 0 aromatic heterocycles. The Balaban J connectivity index is 2.16. The minimum Gasteiger partial charge on any atom is -0.349 e. The fourth-order valence-corrected chi connectivity index (χ4v) is 2.90. The number of hydrogen-bond donors (Lipinski definition) is 2. The summed E-state index contributed by atoms with van der Waals surface area (Å²) in [6, 6.07) is 11.9. The fraction of sp³-hybridized carbons (Fsp3) is 0.286. The molecule has 2 N–H and O–H groups in total. The Hall–Kier alpha value is -2.86. The Morgan fingerprint density at radius 1 is 1.07 bits per heavy atom. The van der Waals surface area contributed by atoms with E-state index in [1.54, 1.807) is 32.3 Å². The molecule has 2 aromatic rings. The number of halogens is 1. The highest BCUT2D eigenvalue weighted by molar-refractivity contribution is 6.34. The highest BCUT2D eigenvalue weighted by Gasteiger charge is 2.18. The largest absolute Gasteiger partial charge is 0.349 e. The first-order valence-electron chi connectivity index (χ1n) is 8.82. The number of carbonyl (C=O) groups is 3. The standard InChI is InChI=1S/C21H24ClN3O3/c1-13-5-7-15(8-6-13)19(23-14(2)26)12-20(27)24-16-9-10-18(22)17(11-16)21(28)25(3)4/h5-11,19H,12H2,1-4H3,(H,23,26)(H,24,27). The van der Waals surface area contributed by atoms with Crippen LogP contribution < -0.4 is 10.6 Å². The van der Waals surface area contributed by atoms with Gasteiger partial charge in [-0.15, -0.1) is 0 Å². The van der Waals surface area contributed by atoms with Gasteiger partial charge in [-0.1, -0.05) is 41.4 Å². The average Bonchev–Trinajstić information content (AvgIpc) is 2.62. The zero-order valence-corrected chi connectivity index (χ0v) is 17.1. The van der Waals surface area contributed by atoms with Crippen molar-refractivity contribution in [2.45, 2.75) is 26.3 Å². The van der Waals surface area contributed by atoms with Crippen LogP contribution in [0.4, 0.5) is 5.69 Å². The number of carbonyl (C=O) groups excluding carboxylic acids is 3. The molecule has 7 heteroatoms. The van der Waals surface area contributed by atoms with Gasteiger partial charge in [0, 0.05) is 26.7 Å². The molecule has 0 aliphatic carbocycles. The Labute approximate surface area is 169 Å².